The number of hydrogen-bond donors (Lipinski definition) is 0. The lowest BCUT2D eigenvalue weighted by atomic mass is 9.94. The molecule has 0 radical (unpaired) electrons. The number of fused-ring (bicyclic) bond motifs is 2. The Morgan fingerprint density at radius 2 is 1.27 bits per heavy atom. The van der Waals surface area contributed by atoms with Gasteiger partial charge in [0, 0.05) is 35.6 Å². The molecule has 0 saturated carbocycles. The van der Waals surface area contributed by atoms with Crippen molar-refractivity contribution in [3.8, 4) is 11.5 Å². The maximum atomic E-state index is 6.09. The van der Waals surface area contributed by atoms with Crippen LogP contribution in [0, 0.1) is 0 Å². The monoisotopic (exact) mass is 542 g/mol. The van der Waals surface area contributed by atoms with E-state index in [2.05, 4.69) is 95.8 Å². The van der Waals surface area contributed by atoms with E-state index in [0.717, 1.165) is 56.7 Å². The zero-order chi connectivity index (χ0) is 28.0. The van der Waals surface area contributed by atoms with E-state index in [-0.39, 0.29) is 0 Å². The van der Waals surface area contributed by atoms with Crippen LogP contribution < -0.4 is 19.3 Å². The number of benzene rings is 4. The van der Waals surface area contributed by atoms with E-state index in [1.807, 2.05) is 24.3 Å². The molecule has 0 bridgehead atoms. The number of hydrogen-bond acceptors (Lipinski definition) is 4. The third kappa shape index (κ3) is 6.02. The van der Waals surface area contributed by atoms with Gasteiger partial charge < -0.3 is 19.3 Å². The molecule has 0 saturated heterocycles. The summed E-state index contributed by atoms with van der Waals surface area (Å²) in [4.78, 5) is 4.65. The van der Waals surface area contributed by atoms with Crippen molar-refractivity contribution in [3.63, 3.8) is 0 Å². The van der Waals surface area contributed by atoms with Crippen molar-refractivity contribution in [1.29, 1.82) is 0 Å². The van der Waals surface area contributed by atoms with E-state index < -0.39 is 0 Å². The molecular weight excluding hydrogens is 504 g/mol. The highest BCUT2D eigenvalue weighted by molar-refractivity contribution is 5.58. The lowest BCUT2D eigenvalue weighted by Crippen LogP contribution is -2.32. The normalized spacial score (nSPS) is 14.0. The van der Waals surface area contributed by atoms with Crippen LogP contribution >= 0.6 is 0 Å². The molecule has 4 aromatic carbocycles. The molecule has 208 valence electrons. The summed E-state index contributed by atoms with van der Waals surface area (Å²) >= 11 is 0. The first-order chi connectivity index (χ1) is 20.2. The van der Waals surface area contributed by atoms with Gasteiger partial charge in [-0.25, -0.2) is 0 Å². The van der Waals surface area contributed by atoms with E-state index in [1.54, 1.807) is 0 Å². The fourth-order valence-electron chi connectivity index (χ4n) is 5.88. The van der Waals surface area contributed by atoms with Gasteiger partial charge in [0.1, 0.15) is 11.5 Å². The van der Waals surface area contributed by atoms with Gasteiger partial charge in [-0.05, 0) is 84.7 Å². The summed E-state index contributed by atoms with van der Waals surface area (Å²) in [5.41, 5.74) is 10.3. The second-order valence-corrected chi connectivity index (χ2v) is 10.9. The first-order valence-electron chi connectivity index (χ1n) is 14.6. The Bertz CT molecular complexity index is 1540. The van der Waals surface area contributed by atoms with Gasteiger partial charge in [-0.15, -0.1) is 13.2 Å². The first-order valence-corrected chi connectivity index (χ1v) is 14.6. The minimum Gasteiger partial charge on any atom is -0.473 e. The summed E-state index contributed by atoms with van der Waals surface area (Å²) in [6, 6.07) is 30.5. The van der Waals surface area contributed by atoms with Crippen LogP contribution in [0.3, 0.4) is 0 Å². The molecule has 41 heavy (non-hydrogen) atoms. The molecule has 0 unspecified atom stereocenters. The molecule has 0 spiro atoms. The Hall–Kier alpha value is -4.44. The van der Waals surface area contributed by atoms with Crippen LogP contribution in [0.1, 0.15) is 46.2 Å². The highest BCUT2D eigenvalue weighted by Gasteiger charge is 2.21. The molecule has 0 aliphatic carbocycles. The van der Waals surface area contributed by atoms with Gasteiger partial charge in [-0.3, -0.25) is 0 Å². The molecule has 4 aromatic rings. The lowest BCUT2D eigenvalue weighted by molar-refractivity contribution is 0.289. The highest BCUT2D eigenvalue weighted by atomic mass is 16.5. The molecule has 0 aromatic heterocycles. The molecule has 6 rings (SSSR count). The number of para-hydroxylation sites is 2. The zero-order valence-corrected chi connectivity index (χ0v) is 23.7. The summed E-state index contributed by atoms with van der Waals surface area (Å²) in [5.74, 6) is 1.98. The Labute approximate surface area is 244 Å². The van der Waals surface area contributed by atoms with Crippen LogP contribution in [0.5, 0.6) is 11.5 Å². The smallest absolute Gasteiger partial charge is 0.161 e. The van der Waals surface area contributed by atoms with Gasteiger partial charge in [0.05, 0.1) is 0 Å². The van der Waals surface area contributed by atoms with Crippen LogP contribution in [0.2, 0.25) is 0 Å². The highest BCUT2D eigenvalue weighted by Crippen LogP contribution is 2.33. The van der Waals surface area contributed by atoms with Crippen LogP contribution in [-0.4, -0.2) is 13.5 Å². The van der Waals surface area contributed by atoms with Crippen molar-refractivity contribution in [2.24, 2.45) is 0 Å². The fraction of sp³-hybridized carbons (Fsp3) is 0.243. The third-order valence-corrected chi connectivity index (χ3v) is 8.09. The van der Waals surface area contributed by atoms with Crippen LogP contribution in [0.25, 0.3) is 0 Å². The second kappa shape index (κ2) is 12.4. The van der Waals surface area contributed by atoms with E-state index in [0.29, 0.717) is 13.5 Å². The average molecular weight is 543 g/mol. The number of ether oxygens (including phenoxy) is 2. The minimum atomic E-state index is 0.565. The number of anilines is 2. The lowest BCUT2D eigenvalue weighted by Gasteiger charge is -2.32. The Morgan fingerprint density at radius 3 is 1.98 bits per heavy atom. The number of aryl methyl sites for hydroxylation is 2. The maximum absolute atomic E-state index is 6.09. The summed E-state index contributed by atoms with van der Waals surface area (Å²) in [7, 11) is 0. The number of allylic oxidation sites excluding steroid dienone is 2. The summed E-state index contributed by atoms with van der Waals surface area (Å²) in [6.45, 7) is 10.8. The van der Waals surface area contributed by atoms with Gasteiger partial charge in [-0.1, -0.05) is 66.7 Å². The van der Waals surface area contributed by atoms with Gasteiger partial charge >= 0.3 is 0 Å². The molecule has 2 aliphatic rings. The zero-order valence-electron chi connectivity index (χ0n) is 23.7. The van der Waals surface area contributed by atoms with E-state index >= 15 is 0 Å². The summed E-state index contributed by atoms with van der Waals surface area (Å²) < 4.78 is 12.1. The SMILES string of the molecule is C=CCCc1cc(N2COc3ccccc3C2)ccc1Cc1ccc(N2COc3ccccc3C2)c(CCC=C)c1. The molecule has 2 heterocycles. The number of nitrogens with zero attached hydrogens (tertiary/aromatic N) is 2. The quantitative estimate of drug-likeness (QED) is 0.189. The predicted octanol–water partition coefficient (Wildman–Crippen LogP) is 8.23. The molecule has 2 aliphatic heterocycles. The maximum Gasteiger partial charge on any atom is 0.161 e. The largest absolute Gasteiger partial charge is 0.473 e. The molecule has 0 atom stereocenters. The Kier molecular flexibility index (Phi) is 8.09. The topological polar surface area (TPSA) is 24.9 Å². The Balaban J connectivity index is 1.25. The Morgan fingerprint density at radius 1 is 0.634 bits per heavy atom. The average Bonchev–Trinajstić information content (AvgIpc) is 3.03. The summed E-state index contributed by atoms with van der Waals surface area (Å²) in [6.07, 6.45) is 8.75. The fourth-order valence-corrected chi connectivity index (χ4v) is 5.88. The van der Waals surface area contributed by atoms with Gasteiger partial charge in [-0.2, -0.15) is 0 Å². The first kappa shape index (κ1) is 26.8. The van der Waals surface area contributed by atoms with Crippen molar-refractivity contribution in [1.82, 2.24) is 0 Å². The van der Waals surface area contributed by atoms with E-state index in [9.17, 15) is 0 Å². The van der Waals surface area contributed by atoms with Crippen molar-refractivity contribution in [2.45, 2.75) is 45.2 Å². The van der Waals surface area contributed by atoms with Crippen LogP contribution in [0.15, 0.2) is 110 Å². The third-order valence-electron chi connectivity index (χ3n) is 8.09. The van der Waals surface area contributed by atoms with E-state index in [4.69, 9.17) is 9.47 Å². The van der Waals surface area contributed by atoms with Crippen molar-refractivity contribution < 1.29 is 9.47 Å². The van der Waals surface area contributed by atoms with Gasteiger partial charge in [0.25, 0.3) is 0 Å². The number of rotatable bonds is 10. The van der Waals surface area contributed by atoms with Crippen molar-refractivity contribution in [2.75, 3.05) is 23.3 Å². The molecule has 0 N–H and O–H groups in total. The summed E-state index contributed by atoms with van der Waals surface area (Å²) in [5, 5.41) is 0. The molecule has 0 fully saturated rings. The standard InChI is InChI=1S/C37H38N2O2/c1-3-5-11-29-23-34(38-24-32-13-7-9-15-36(32)40-26-38)19-18-30(29)21-28-17-20-35(31(22-28)12-6-4-2)39-25-33-14-8-10-16-37(33)41-27-39/h3-4,7-10,13-20,22-23H,1-2,5-6,11-12,21,24-27H2. The van der Waals surface area contributed by atoms with E-state index in [1.165, 1.54) is 44.8 Å². The van der Waals surface area contributed by atoms with Gasteiger partial charge in [0.15, 0.2) is 13.5 Å². The van der Waals surface area contributed by atoms with Crippen molar-refractivity contribution >= 4 is 11.4 Å². The minimum absolute atomic E-state index is 0.565. The predicted molar refractivity (Wildman–Crippen MR) is 169 cm³/mol. The van der Waals surface area contributed by atoms with Crippen LogP contribution in [0.4, 0.5) is 11.4 Å². The van der Waals surface area contributed by atoms with Crippen molar-refractivity contribution in [3.05, 3.63) is 144 Å². The molecule has 4 nitrogen and oxygen atoms in total. The molecule has 0 amide bonds. The van der Waals surface area contributed by atoms with Gasteiger partial charge in [0.2, 0.25) is 0 Å². The molecular formula is C37H38N2O2. The second-order valence-electron chi connectivity index (χ2n) is 10.9. The molecule has 4 heteroatoms. The van der Waals surface area contributed by atoms with Crippen LogP contribution in [-0.2, 0) is 32.4 Å².